The van der Waals surface area contributed by atoms with Crippen molar-refractivity contribution in [2.75, 3.05) is 26.8 Å². The van der Waals surface area contributed by atoms with E-state index in [9.17, 15) is 14.0 Å². The molecule has 1 saturated heterocycles. The SMILES string of the molecule is CCOCCCN1C(C)=CN2C1=NC1C2C(=O)N(Cc2ccccc2F)C(=O)N1C. The van der Waals surface area contributed by atoms with E-state index in [1.807, 2.05) is 29.8 Å². The van der Waals surface area contributed by atoms with Crippen molar-refractivity contribution < 1.29 is 18.7 Å². The van der Waals surface area contributed by atoms with Gasteiger partial charge in [0.15, 0.2) is 12.2 Å². The lowest BCUT2D eigenvalue weighted by Crippen LogP contribution is -2.63. The number of likely N-dealkylation sites (N-methyl/N-ethyl adjacent to an activating group) is 1. The Balaban J connectivity index is 1.55. The fraction of sp³-hybridized carbons (Fsp3) is 0.476. The van der Waals surface area contributed by atoms with Gasteiger partial charge in [-0.3, -0.25) is 9.69 Å². The Hall–Kier alpha value is -2.94. The van der Waals surface area contributed by atoms with E-state index in [0.29, 0.717) is 31.3 Å². The molecule has 160 valence electrons. The average molecular weight is 415 g/mol. The first-order valence-corrected chi connectivity index (χ1v) is 10.2. The van der Waals surface area contributed by atoms with E-state index in [1.54, 1.807) is 25.2 Å². The van der Waals surface area contributed by atoms with Gasteiger partial charge in [-0.1, -0.05) is 18.2 Å². The Morgan fingerprint density at radius 1 is 1.20 bits per heavy atom. The molecule has 3 aliphatic rings. The van der Waals surface area contributed by atoms with Crippen molar-refractivity contribution in [2.45, 2.75) is 39.0 Å². The third kappa shape index (κ3) is 3.32. The molecule has 0 radical (unpaired) electrons. The molecule has 0 N–H and O–H groups in total. The standard InChI is InChI=1S/C21H26FN5O3/c1-4-30-11-7-10-25-14(2)12-26-17-18(23-20(25)26)24(3)21(29)27(19(17)28)13-15-8-5-6-9-16(15)22/h5-6,8-9,12,17-18H,4,7,10-11,13H2,1-3H3. The summed E-state index contributed by atoms with van der Waals surface area (Å²) in [6.45, 7) is 5.85. The first-order chi connectivity index (χ1) is 14.4. The van der Waals surface area contributed by atoms with Crippen LogP contribution >= 0.6 is 0 Å². The van der Waals surface area contributed by atoms with E-state index in [1.165, 1.54) is 11.0 Å². The lowest BCUT2D eigenvalue weighted by molar-refractivity contribution is -0.137. The quantitative estimate of drug-likeness (QED) is 0.639. The number of carbonyl (C=O) groups excluding carboxylic acids is 2. The summed E-state index contributed by atoms with van der Waals surface area (Å²) >= 11 is 0. The van der Waals surface area contributed by atoms with Gasteiger partial charge in [-0.25, -0.2) is 14.2 Å². The molecular formula is C21H26FN5O3. The van der Waals surface area contributed by atoms with Gasteiger partial charge >= 0.3 is 6.03 Å². The molecule has 0 bridgehead atoms. The first kappa shape index (κ1) is 20.3. The number of halogens is 1. The van der Waals surface area contributed by atoms with Crippen LogP contribution in [-0.2, 0) is 16.1 Å². The smallest absolute Gasteiger partial charge is 0.328 e. The summed E-state index contributed by atoms with van der Waals surface area (Å²) < 4.78 is 19.6. The van der Waals surface area contributed by atoms with Crippen molar-refractivity contribution >= 4 is 17.9 Å². The summed E-state index contributed by atoms with van der Waals surface area (Å²) in [6.07, 6.45) is 2.12. The van der Waals surface area contributed by atoms with Gasteiger partial charge in [-0.15, -0.1) is 0 Å². The topological polar surface area (TPSA) is 68.7 Å². The van der Waals surface area contributed by atoms with Gasteiger partial charge < -0.3 is 19.4 Å². The molecule has 9 heteroatoms. The van der Waals surface area contributed by atoms with Crippen LogP contribution in [0.4, 0.5) is 9.18 Å². The van der Waals surface area contributed by atoms with Crippen LogP contribution in [-0.4, -0.2) is 76.5 Å². The molecular weight excluding hydrogens is 389 g/mol. The lowest BCUT2D eigenvalue weighted by atomic mass is 10.1. The predicted molar refractivity (Wildman–Crippen MR) is 109 cm³/mol. The van der Waals surface area contributed by atoms with Gasteiger partial charge in [0, 0.05) is 44.3 Å². The molecule has 2 atom stereocenters. The Kier molecular flexibility index (Phi) is 5.46. The number of imide groups is 1. The van der Waals surface area contributed by atoms with Crippen molar-refractivity contribution in [1.29, 1.82) is 0 Å². The minimum absolute atomic E-state index is 0.109. The number of carbonyl (C=O) groups is 2. The number of guanidine groups is 1. The number of aliphatic imine (C=N–C) groups is 1. The third-order valence-electron chi connectivity index (χ3n) is 5.66. The molecule has 1 aromatic carbocycles. The van der Waals surface area contributed by atoms with Gasteiger partial charge in [0.25, 0.3) is 5.91 Å². The molecule has 3 heterocycles. The predicted octanol–water partition coefficient (Wildman–Crippen LogP) is 2.19. The van der Waals surface area contributed by atoms with E-state index in [0.717, 1.165) is 17.0 Å². The van der Waals surface area contributed by atoms with Crippen LogP contribution in [0.3, 0.4) is 0 Å². The van der Waals surface area contributed by atoms with E-state index in [4.69, 9.17) is 9.73 Å². The lowest BCUT2D eigenvalue weighted by Gasteiger charge is -2.40. The van der Waals surface area contributed by atoms with Gasteiger partial charge in [0.2, 0.25) is 5.96 Å². The number of hydrogen-bond donors (Lipinski definition) is 0. The molecule has 8 nitrogen and oxygen atoms in total. The maximum Gasteiger partial charge on any atom is 0.328 e. The second-order valence-corrected chi connectivity index (χ2v) is 7.58. The Morgan fingerprint density at radius 3 is 2.70 bits per heavy atom. The number of benzene rings is 1. The highest BCUT2D eigenvalue weighted by molar-refractivity contribution is 6.04. The number of fused-ring (bicyclic) bond motifs is 3. The summed E-state index contributed by atoms with van der Waals surface area (Å²) in [5, 5.41) is 0. The van der Waals surface area contributed by atoms with Crippen LogP contribution in [0.2, 0.25) is 0 Å². The molecule has 0 aliphatic carbocycles. The second-order valence-electron chi connectivity index (χ2n) is 7.58. The number of allylic oxidation sites excluding steroid dienone is 1. The van der Waals surface area contributed by atoms with E-state index < -0.39 is 24.1 Å². The maximum atomic E-state index is 14.1. The normalized spacial score (nSPS) is 23.1. The van der Waals surface area contributed by atoms with Crippen LogP contribution in [0, 0.1) is 5.82 Å². The highest BCUT2D eigenvalue weighted by Crippen LogP contribution is 2.34. The van der Waals surface area contributed by atoms with Gasteiger partial charge in [0.05, 0.1) is 6.54 Å². The van der Waals surface area contributed by atoms with Crippen LogP contribution in [0.1, 0.15) is 25.8 Å². The molecule has 0 spiro atoms. The molecule has 4 rings (SSSR count). The number of amides is 3. The Labute approximate surface area is 175 Å². The summed E-state index contributed by atoms with van der Waals surface area (Å²) in [5.41, 5.74) is 1.28. The van der Waals surface area contributed by atoms with Crippen molar-refractivity contribution in [1.82, 2.24) is 19.6 Å². The fourth-order valence-electron chi connectivity index (χ4n) is 4.09. The summed E-state index contributed by atoms with van der Waals surface area (Å²) in [5.74, 6) is -0.145. The van der Waals surface area contributed by atoms with Crippen molar-refractivity contribution in [2.24, 2.45) is 4.99 Å². The van der Waals surface area contributed by atoms with E-state index >= 15 is 0 Å². The van der Waals surface area contributed by atoms with Crippen molar-refractivity contribution in [3.05, 3.63) is 47.5 Å². The molecule has 0 aromatic heterocycles. The third-order valence-corrected chi connectivity index (χ3v) is 5.66. The van der Waals surface area contributed by atoms with Gasteiger partial charge in [-0.2, -0.15) is 0 Å². The second kappa shape index (κ2) is 8.06. The minimum atomic E-state index is -0.652. The van der Waals surface area contributed by atoms with Crippen molar-refractivity contribution in [3.63, 3.8) is 0 Å². The number of urea groups is 1. The zero-order valence-electron chi connectivity index (χ0n) is 17.4. The average Bonchev–Trinajstić information content (AvgIpc) is 3.23. The number of rotatable bonds is 7. The molecule has 3 aliphatic heterocycles. The van der Waals surface area contributed by atoms with E-state index in [2.05, 4.69) is 0 Å². The van der Waals surface area contributed by atoms with Crippen LogP contribution in [0.5, 0.6) is 0 Å². The number of nitrogens with zero attached hydrogens (tertiary/aromatic N) is 5. The first-order valence-electron chi connectivity index (χ1n) is 10.2. The van der Waals surface area contributed by atoms with Gasteiger partial charge in [-0.05, 0) is 26.3 Å². The summed E-state index contributed by atoms with van der Waals surface area (Å²) in [7, 11) is 1.63. The van der Waals surface area contributed by atoms with Crippen molar-refractivity contribution in [3.8, 4) is 0 Å². The van der Waals surface area contributed by atoms with Gasteiger partial charge in [0.1, 0.15) is 5.82 Å². The summed E-state index contributed by atoms with van der Waals surface area (Å²) in [6, 6.07) is 5.05. The highest BCUT2D eigenvalue weighted by Gasteiger charge is 2.54. The number of hydrogen-bond acceptors (Lipinski definition) is 6. The molecule has 30 heavy (non-hydrogen) atoms. The van der Waals surface area contributed by atoms with Crippen LogP contribution in [0.25, 0.3) is 0 Å². The molecule has 2 unspecified atom stereocenters. The number of ether oxygens (including phenoxy) is 1. The van der Waals surface area contributed by atoms with E-state index in [-0.39, 0.29) is 12.5 Å². The Morgan fingerprint density at radius 2 is 1.97 bits per heavy atom. The largest absolute Gasteiger partial charge is 0.382 e. The fourth-order valence-corrected chi connectivity index (χ4v) is 4.09. The maximum absolute atomic E-state index is 14.1. The van der Waals surface area contributed by atoms with Crippen LogP contribution in [0.15, 0.2) is 41.2 Å². The zero-order chi connectivity index (χ0) is 21.4. The molecule has 1 aromatic rings. The molecule has 0 saturated carbocycles. The zero-order valence-corrected chi connectivity index (χ0v) is 17.4. The minimum Gasteiger partial charge on any atom is -0.382 e. The van der Waals surface area contributed by atoms with Crippen LogP contribution < -0.4 is 0 Å². The highest BCUT2D eigenvalue weighted by atomic mass is 19.1. The summed E-state index contributed by atoms with van der Waals surface area (Å²) in [4.78, 5) is 37.3. The molecule has 1 fully saturated rings. The molecule has 3 amide bonds. The Bertz CT molecular complexity index is 918. The monoisotopic (exact) mass is 415 g/mol.